The molecule has 1 unspecified atom stereocenters. The zero-order chi connectivity index (χ0) is 19.1. The summed E-state index contributed by atoms with van der Waals surface area (Å²) in [6.07, 6.45) is -1.02. The number of benzene rings is 2. The highest BCUT2D eigenvalue weighted by Crippen LogP contribution is 2.44. The quantitative estimate of drug-likeness (QED) is 0.762. The molecule has 3 rings (SSSR count). The molecule has 0 fully saturated rings. The highest BCUT2D eigenvalue weighted by atomic mass is 16.5. The molecule has 0 saturated heterocycles. The number of nitrogens with one attached hydrogen (secondary N) is 1. The first-order valence-corrected chi connectivity index (χ1v) is 8.95. The molecule has 0 bridgehead atoms. The maximum Gasteiger partial charge on any atom is 0.405 e. The van der Waals surface area contributed by atoms with Crippen LogP contribution in [0, 0.1) is 5.41 Å². The molecule has 4 nitrogen and oxygen atoms in total. The van der Waals surface area contributed by atoms with E-state index in [1.807, 2.05) is 32.0 Å². The zero-order valence-electron chi connectivity index (χ0n) is 16.1. The van der Waals surface area contributed by atoms with Crippen LogP contribution in [0.15, 0.2) is 42.5 Å². The molecule has 1 amide bonds. The number of carbonyl (C=O) groups is 1. The number of carboxylic acid groups (broad SMARTS) is 1. The summed E-state index contributed by atoms with van der Waals surface area (Å²) in [7, 11) is 0. The maximum atomic E-state index is 11.2. The van der Waals surface area contributed by atoms with Crippen molar-refractivity contribution in [1.29, 1.82) is 0 Å². The summed E-state index contributed by atoms with van der Waals surface area (Å²) in [6.45, 7) is 11.1. The summed E-state index contributed by atoms with van der Waals surface area (Å²) in [5.41, 5.74) is 4.19. The van der Waals surface area contributed by atoms with Crippen LogP contribution in [0.5, 0.6) is 5.75 Å². The lowest BCUT2D eigenvalue weighted by Crippen LogP contribution is -2.43. The first-order valence-electron chi connectivity index (χ1n) is 8.95. The van der Waals surface area contributed by atoms with E-state index in [-0.39, 0.29) is 16.9 Å². The second kappa shape index (κ2) is 6.35. The second-order valence-corrected chi connectivity index (χ2v) is 8.74. The lowest BCUT2D eigenvalue weighted by Gasteiger charge is -2.39. The van der Waals surface area contributed by atoms with Gasteiger partial charge in [-0.3, -0.25) is 0 Å². The Morgan fingerprint density at radius 1 is 1.12 bits per heavy atom. The fourth-order valence-corrected chi connectivity index (χ4v) is 3.40. The minimum Gasteiger partial charge on any atom is -0.493 e. The minimum atomic E-state index is -1.02. The Kier molecular flexibility index (Phi) is 4.47. The van der Waals surface area contributed by atoms with Gasteiger partial charge >= 0.3 is 6.09 Å². The number of rotatable bonds is 2. The van der Waals surface area contributed by atoms with Crippen LogP contribution in [0.25, 0.3) is 11.1 Å². The van der Waals surface area contributed by atoms with Crippen molar-refractivity contribution in [2.24, 2.45) is 5.41 Å². The summed E-state index contributed by atoms with van der Waals surface area (Å²) >= 11 is 0. The maximum absolute atomic E-state index is 11.2. The minimum absolute atomic E-state index is 0.124. The van der Waals surface area contributed by atoms with Crippen LogP contribution < -0.4 is 10.1 Å². The smallest absolute Gasteiger partial charge is 0.405 e. The number of ether oxygens (including phenoxy) is 1. The van der Waals surface area contributed by atoms with Crippen LogP contribution in [0.3, 0.4) is 0 Å². The van der Waals surface area contributed by atoms with Gasteiger partial charge in [-0.2, -0.15) is 0 Å². The summed E-state index contributed by atoms with van der Waals surface area (Å²) in [6, 6.07) is 14.3. The molecule has 4 heteroatoms. The lowest BCUT2D eigenvalue weighted by molar-refractivity contribution is 0.0996. The average molecular weight is 353 g/mol. The largest absolute Gasteiger partial charge is 0.493 e. The van der Waals surface area contributed by atoms with E-state index in [4.69, 9.17) is 4.74 Å². The van der Waals surface area contributed by atoms with Gasteiger partial charge in [0.05, 0.1) is 12.6 Å². The predicted molar refractivity (Wildman–Crippen MR) is 104 cm³/mol. The van der Waals surface area contributed by atoms with E-state index >= 15 is 0 Å². The molecular formula is C22H27NO3. The van der Waals surface area contributed by atoms with Crippen molar-refractivity contribution in [2.75, 3.05) is 6.61 Å². The number of hydrogen-bond acceptors (Lipinski definition) is 2. The summed E-state index contributed by atoms with van der Waals surface area (Å²) in [5.74, 6) is 0.750. The van der Waals surface area contributed by atoms with Crippen molar-refractivity contribution < 1.29 is 14.6 Å². The summed E-state index contributed by atoms with van der Waals surface area (Å²) in [5, 5.41) is 11.8. The topological polar surface area (TPSA) is 58.6 Å². The molecule has 2 aromatic rings. The number of amides is 1. The van der Waals surface area contributed by atoms with Gasteiger partial charge in [-0.25, -0.2) is 4.79 Å². The van der Waals surface area contributed by atoms with Crippen LogP contribution >= 0.6 is 0 Å². The van der Waals surface area contributed by atoms with Crippen molar-refractivity contribution in [3.8, 4) is 16.9 Å². The average Bonchev–Trinajstić information content (AvgIpc) is 2.56. The molecule has 0 aliphatic carbocycles. The van der Waals surface area contributed by atoms with E-state index in [0.29, 0.717) is 6.61 Å². The molecule has 26 heavy (non-hydrogen) atoms. The van der Waals surface area contributed by atoms with Gasteiger partial charge in [-0.1, -0.05) is 71.0 Å². The second-order valence-electron chi connectivity index (χ2n) is 8.74. The third-order valence-electron chi connectivity index (χ3n) is 5.06. The Balaban J connectivity index is 1.95. The van der Waals surface area contributed by atoms with Gasteiger partial charge in [0, 0.05) is 11.0 Å². The van der Waals surface area contributed by atoms with Gasteiger partial charge in [-0.05, 0) is 28.2 Å². The van der Waals surface area contributed by atoms with Crippen LogP contribution in [-0.4, -0.2) is 17.8 Å². The van der Waals surface area contributed by atoms with Gasteiger partial charge < -0.3 is 15.2 Å². The van der Waals surface area contributed by atoms with E-state index < -0.39 is 6.09 Å². The fourth-order valence-electron chi connectivity index (χ4n) is 3.40. The molecule has 138 valence electrons. The van der Waals surface area contributed by atoms with Crippen LogP contribution in [0.2, 0.25) is 0 Å². The van der Waals surface area contributed by atoms with Crippen molar-refractivity contribution in [1.82, 2.24) is 5.32 Å². The molecule has 1 aliphatic heterocycles. The molecule has 2 N–H and O–H groups in total. The summed E-state index contributed by atoms with van der Waals surface area (Å²) < 4.78 is 5.96. The molecule has 2 aromatic carbocycles. The van der Waals surface area contributed by atoms with Gasteiger partial charge in [0.15, 0.2) is 0 Å². The summed E-state index contributed by atoms with van der Waals surface area (Å²) in [4.78, 5) is 11.2. The van der Waals surface area contributed by atoms with Crippen LogP contribution in [0.1, 0.15) is 51.8 Å². The fraction of sp³-hybridized carbons (Fsp3) is 0.409. The first-order chi connectivity index (χ1) is 12.1. The Morgan fingerprint density at radius 3 is 2.31 bits per heavy atom. The Bertz CT molecular complexity index is 816. The van der Waals surface area contributed by atoms with Crippen molar-refractivity contribution in [3.63, 3.8) is 0 Å². The standard InChI is InChI=1S/C22H27NO3/c1-21(2,3)16-9-6-14(7-10-16)15-8-11-17-18(12-15)26-13-22(4,5)19(17)23-20(24)25/h6-12,19,23H,13H2,1-5H3,(H,24,25). The van der Waals surface area contributed by atoms with Gasteiger partial charge in [0.25, 0.3) is 0 Å². The first kappa shape index (κ1) is 18.3. The molecule has 0 aromatic heterocycles. The van der Waals surface area contributed by atoms with E-state index in [1.54, 1.807) is 0 Å². The highest BCUT2D eigenvalue weighted by Gasteiger charge is 2.38. The van der Waals surface area contributed by atoms with E-state index in [0.717, 1.165) is 22.4 Å². The number of fused-ring (bicyclic) bond motifs is 1. The Labute approximate surface area is 155 Å². The molecule has 1 heterocycles. The third kappa shape index (κ3) is 3.55. The van der Waals surface area contributed by atoms with Crippen molar-refractivity contribution in [3.05, 3.63) is 53.6 Å². The normalized spacial score (nSPS) is 18.6. The molecule has 0 radical (unpaired) electrons. The van der Waals surface area contributed by atoms with Crippen LogP contribution in [-0.2, 0) is 5.41 Å². The van der Waals surface area contributed by atoms with Crippen molar-refractivity contribution in [2.45, 2.75) is 46.1 Å². The Morgan fingerprint density at radius 2 is 1.73 bits per heavy atom. The molecular weight excluding hydrogens is 326 g/mol. The molecule has 0 saturated carbocycles. The highest BCUT2D eigenvalue weighted by molar-refractivity contribution is 5.69. The van der Waals surface area contributed by atoms with Crippen LogP contribution in [0.4, 0.5) is 4.79 Å². The molecule has 0 spiro atoms. The number of hydrogen-bond donors (Lipinski definition) is 2. The lowest BCUT2D eigenvalue weighted by atomic mass is 9.78. The van der Waals surface area contributed by atoms with E-state index in [1.165, 1.54) is 5.56 Å². The van der Waals surface area contributed by atoms with Gasteiger partial charge in [0.1, 0.15) is 5.75 Å². The predicted octanol–water partition coefficient (Wildman–Crippen LogP) is 5.38. The monoisotopic (exact) mass is 353 g/mol. The Hall–Kier alpha value is -2.49. The van der Waals surface area contributed by atoms with Gasteiger partial charge in [-0.15, -0.1) is 0 Å². The van der Waals surface area contributed by atoms with E-state index in [9.17, 15) is 9.90 Å². The molecule has 1 atom stereocenters. The molecule has 1 aliphatic rings. The SMILES string of the molecule is CC(C)(C)c1ccc(-c2ccc3c(c2)OCC(C)(C)C3NC(=O)O)cc1. The van der Waals surface area contributed by atoms with E-state index in [2.05, 4.69) is 50.4 Å². The van der Waals surface area contributed by atoms with Crippen molar-refractivity contribution >= 4 is 6.09 Å². The zero-order valence-corrected chi connectivity index (χ0v) is 16.1. The van der Waals surface area contributed by atoms with Gasteiger partial charge in [0.2, 0.25) is 0 Å². The third-order valence-corrected chi connectivity index (χ3v) is 5.06.